The number of pyridine rings is 1. The highest BCUT2D eigenvalue weighted by Crippen LogP contribution is 2.65. The molecule has 11 heteroatoms. The highest BCUT2D eigenvalue weighted by molar-refractivity contribution is 5.95. The molecule has 190 valence electrons. The van der Waals surface area contributed by atoms with Gasteiger partial charge in [0.15, 0.2) is 5.54 Å². The van der Waals surface area contributed by atoms with E-state index >= 15 is 0 Å². The van der Waals surface area contributed by atoms with Crippen LogP contribution >= 0.6 is 0 Å². The number of fused-ring (bicyclic) bond motifs is 1. The van der Waals surface area contributed by atoms with Gasteiger partial charge < -0.3 is 15.5 Å². The number of aromatic nitrogens is 1. The number of hydrogen-bond acceptors (Lipinski definition) is 5. The third kappa shape index (κ3) is 4.83. The molecule has 1 saturated heterocycles. The van der Waals surface area contributed by atoms with E-state index in [9.17, 15) is 32.8 Å². The number of rotatable bonds is 5. The van der Waals surface area contributed by atoms with Gasteiger partial charge in [0.25, 0.3) is 0 Å². The molecule has 1 aliphatic heterocycles. The van der Waals surface area contributed by atoms with Gasteiger partial charge in [0, 0.05) is 24.5 Å². The van der Waals surface area contributed by atoms with E-state index in [0.29, 0.717) is 5.56 Å². The second-order valence-corrected chi connectivity index (χ2v) is 11.1. The number of piperidine rings is 1. The predicted molar refractivity (Wildman–Crippen MR) is 119 cm³/mol. The Kier molecular flexibility index (Phi) is 6.42. The van der Waals surface area contributed by atoms with Crippen LogP contribution in [0.2, 0.25) is 0 Å². The first-order valence-corrected chi connectivity index (χ1v) is 11.3. The lowest BCUT2D eigenvalue weighted by Gasteiger charge is -2.38. The molecule has 1 aromatic heterocycles. The molecule has 0 aromatic carbocycles. The highest BCUT2D eigenvalue weighted by atomic mass is 19.4. The molecule has 5 atom stereocenters. The summed E-state index contributed by atoms with van der Waals surface area (Å²) in [5.74, 6) is -3.84. The van der Waals surface area contributed by atoms with Crippen molar-refractivity contribution in [2.45, 2.75) is 65.3 Å². The molecule has 2 fully saturated rings. The van der Waals surface area contributed by atoms with Crippen LogP contribution in [0, 0.1) is 34.0 Å². The number of alkyl halides is 3. The van der Waals surface area contributed by atoms with Crippen LogP contribution < -0.4 is 10.6 Å². The van der Waals surface area contributed by atoms with Crippen molar-refractivity contribution in [2.75, 3.05) is 6.54 Å². The lowest BCUT2D eigenvalue weighted by Crippen LogP contribution is -2.61. The lowest BCUT2D eigenvalue weighted by atomic mass is 9.85. The lowest BCUT2D eigenvalue weighted by molar-refractivity contribution is -0.176. The molecule has 0 radical (unpaired) electrons. The van der Waals surface area contributed by atoms with E-state index in [4.69, 9.17) is 0 Å². The Morgan fingerprint density at radius 1 is 1.23 bits per heavy atom. The SMILES string of the molecule is CC(C#N)(NC(=O)[C@@H]1[C@@H]2[C@H](CN1C(=O)[C@@H](NC(=O)C(F)(F)F)C(C)(C)C)C2(C)C)c1cccnc1. The minimum absolute atomic E-state index is 0.0344. The van der Waals surface area contributed by atoms with E-state index in [1.54, 1.807) is 12.1 Å². The van der Waals surface area contributed by atoms with Gasteiger partial charge in [0.1, 0.15) is 12.1 Å². The van der Waals surface area contributed by atoms with Crippen LogP contribution in [-0.2, 0) is 19.9 Å². The number of nitrogens with zero attached hydrogens (tertiary/aromatic N) is 3. The highest BCUT2D eigenvalue weighted by Gasteiger charge is 2.70. The average Bonchev–Trinajstić information content (AvgIpc) is 3.10. The van der Waals surface area contributed by atoms with Gasteiger partial charge in [0.05, 0.1) is 6.07 Å². The van der Waals surface area contributed by atoms with Gasteiger partial charge in [-0.15, -0.1) is 0 Å². The van der Waals surface area contributed by atoms with Crippen molar-refractivity contribution >= 4 is 17.7 Å². The van der Waals surface area contributed by atoms with Crippen molar-refractivity contribution in [3.05, 3.63) is 30.1 Å². The number of nitrogens with one attached hydrogen (secondary N) is 2. The smallest absolute Gasteiger partial charge is 0.336 e. The Morgan fingerprint density at radius 2 is 1.86 bits per heavy atom. The van der Waals surface area contributed by atoms with Crippen molar-refractivity contribution in [3.63, 3.8) is 0 Å². The zero-order chi connectivity index (χ0) is 26.6. The number of carbonyl (C=O) groups is 3. The third-order valence-corrected chi connectivity index (χ3v) is 7.24. The number of likely N-dealkylation sites (tertiary alicyclic amines) is 1. The molecule has 35 heavy (non-hydrogen) atoms. The van der Waals surface area contributed by atoms with Crippen LogP contribution in [0.15, 0.2) is 24.5 Å². The first-order valence-electron chi connectivity index (χ1n) is 11.3. The fourth-order valence-electron chi connectivity index (χ4n) is 4.98. The molecule has 2 heterocycles. The molecular weight excluding hydrogens is 463 g/mol. The standard InChI is InChI=1S/C24H30F3N5O3/c1-21(2,3)17(30-20(35)24(25,26)27)19(34)32-11-14-15(22(14,4)5)16(32)18(33)31-23(6,12-28)13-8-7-9-29-10-13/h7-10,14-17H,11H2,1-6H3,(H,30,35)(H,31,33)/t14-,15-,16-,17+,23?/m0/s1. The molecule has 3 rings (SSSR count). The number of nitriles is 1. The van der Waals surface area contributed by atoms with E-state index in [1.807, 2.05) is 19.2 Å². The maximum Gasteiger partial charge on any atom is 0.471 e. The summed E-state index contributed by atoms with van der Waals surface area (Å²) in [4.78, 5) is 44.0. The number of carbonyl (C=O) groups excluding carboxylic acids is 3. The van der Waals surface area contributed by atoms with Crippen LogP contribution in [0.25, 0.3) is 0 Å². The summed E-state index contributed by atoms with van der Waals surface area (Å²) in [7, 11) is 0. The van der Waals surface area contributed by atoms with Gasteiger partial charge in [-0.1, -0.05) is 40.7 Å². The van der Waals surface area contributed by atoms with Crippen molar-refractivity contribution in [3.8, 4) is 6.07 Å². The van der Waals surface area contributed by atoms with Crippen molar-refractivity contribution < 1.29 is 27.6 Å². The topological polar surface area (TPSA) is 115 Å². The van der Waals surface area contributed by atoms with Gasteiger partial charge in [0.2, 0.25) is 11.8 Å². The molecule has 1 saturated carbocycles. The zero-order valence-corrected chi connectivity index (χ0v) is 20.5. The number of halogens is 3. The maximum atomic E-state index is 13.5. The number of hydrogen-bond donors (Lipinski definition) is 2. The van der Waals surface area contributed by atoms with E-state index in [1.165, 1.54) is 45.0 Å². The van der Waals surface area contributed by atoms with Crippen LogP contribution in [0.1, 0.15) is 47.1 Å². The van der Waals surface area contributed by atoms with Gasteiger partial charge >= 0.3 is 12.1 Å². The Bertz CT molecular complexity index is 1060. The fourth-order valence-corrected chi connectivity index (χ4v) is 4.98. The normalized spacial score (nSPS) is 25.5. The molecule has 1 aliphatic carbocycles. The quantitative estimate of drug-likeness (QED) is 0.654. The summed E-state index contributed by atoms with van der Waals surface area (Å²) >= 11 is 0. The first-order chi connectivity index (χ1) is 15.9. The molecule has 0 spiro atoms. The largest absolute Gasteiger partial charge is 0.471 e. The van der Waals surface area contributed by atoms with Crippen molar-refractivity contribution in [1.29, 1.82) is 5.26 Å². The molecule has 1 unspecified atom stereocenters. The second kappa shape index (κ2) is 8.50. The monoisotopic (exact) mass is 493 g/mol. The molecule has 1 aromatic rings. The maximum absolute atomic E-state index is 13.5. The van der Waals surface area contributed by atoms with Gasteiger partial charge in [-0.05, 0) is 35.7 Å². The summed E-state index contributed by atoms with van der Waals surface area (Å²) in [5, 5.41) is 14.4. The van der Waals surface area contributed by atoms with Gasteiger partial charge in [-0.2, -0.15) is 18.4 Å². The average molecular weight is 494 g/mol. The molecule has 3 amide bonds. The minimum atomic E-state index is -5.16. The Morgan fingerprint density at radius 3 is 2.34 bits per heavy atom. The third-order valence-electron chi connectivity index (χ3n) is 7.24. The minimum Gasteiger partial charge on any atom is -0.336 e. The van der Waals surface area contributed by atoms with Crippen LogP contribution in [0.5, 0.6) is 0 Å². The van der Waals surface area contributed by atoms with Crippen molar-refractivity contribution in [1.82, 2.24) is 20.5 Å². The van der Waals surface area contributed by atoms with Crippen LogP contribution in [0.4, 0.5) is 13.2 Å². The molecular formula is C24H30F3N5O3. The summed E-state index contributed by atoms with van der Waals surface area (Å²) in [5.41, 5.74) is -2.31. The van der Waals surface area contributed by atoms with E-state index in [0.717, 1.165) is 0 Å². The molecule has 2 N–H and O–H groups in total. The second-order valence-electron chi connectivity index (χ2n) is 11.1. The summed E-state index contributed by atoms with van der Waals surface area (Å²) < 4.78 is 38.9. The van der Waals surface area contributed by atoms with E-state index in [2.05, 4.69) is 16.4 Å². The Hall–Kier alpha value is -3.16. The first kappa shape index (κ1) is 26.4. The number of amides is 3. The molecule has 0 bridgehead atoms. The molecule has 2 aliphatic rings. The van der Waals surface area contributed by atoms with Gasteiger partial charge in [-0.25, -0.2) is 0 Å². The summed E-state index contributed by atoms with van der Waals surface area (Å²) in [6, 6.07) is 2.83. The predicted octanol–water partition coefficient (Wildman–Crippen LogP) is 2.51. The molecule has 8 nitrogen and oxygen atoms in total. The van der Waals surface area contributed by atoms with Gasteiger partial charge in [-0.3, -0.25) is 19.4 Å². The van der Waals surface area contributed by atoms with Crippen LogP contribution in [0.3, 0.4) is 0 Å². The Balaban J connectivity index is 1.92. The van der Waals surface area contributed by atoms with E-state index < -0.39 is 46.9 Å². The summed E-state index contributed by atoms with van der Waals surface area (Å²) in [6.45, 7) is 10.2. The van der Waals surface area contributed by atoms with Crippen molar-refractivity contribution in [2.24, 2.45) is 22.7 Å². The van der Waals surface area contributed by atoms with E-state index in [-0.39, 0.29) is 23.8 Å². The Labute approximate surface area is 202 Å². The zero-order valence-electron chi connectivity index (χ0n) is 20.5. The fraction of sp³-hybridized carbons (Fsp3) is 0.625. The summed E-state index contributed by atoms with van der Waals surface area (Å²) in [6.07, 6.45) is -2.18. The van der Waals surface area contributed by atoms with Crippen LogP contribution in [-0.4, -0.2) is 52.4 Å².